The van der Waals surface area contributed by atoms with Gasteiger partial charge in [0.1, 0.15) is 0 Å². The fraction of sp³-hybridized carbons (Fsp3) is 0.556. The highest BCUT2D eigenvalue weighted by Crippen LogP contribution is 2.09. The van der Waals surface area contributed by atoms with Crippen LogP contribution in [0.15, 0.2) is 9.59 Å². The fourth-order valence-electron chi connectivity index (χ4n) is 3.34. The normalized spacial score (nSPS) is 11.2. The van der Waals surface area contributed by atoms with Crippen LogP contribution in [0.2, 0.25) is 0 Å². The summed E-state index contributed by atoms with van der Waals surface area (Å²) >= 11 is 0. The standard InChI is InChI=1S/C18H26N4O4/c1-11-13(3)21(15(5)23)17(25)19(11)9-7-8-10-20-12(2)14(4)22(16(6)24)18(20)26/h7-10H2,1-6H3. The second-order valence-electron chi connectivity index (χ2n) is 6.63. The number of rotatable bonds is 5. The molecule has 0 amide bonds. The molecule has 2 aromatic rings. The van der Waals surface area contributed by atoms with Crippen molar-refractivity contribution in [2.24, 2.45) is 0 Å². The molecule has 0 atom stereocenters. The van der Waals surface area contributed by atoms with E-state index in [2.05, 4.69) is 0 Å². The molecule has 0 saturated heterocycles. The molecule has 8 heteroatoms. The number of carbonyl (C=O) groups excluding carboxylic acids is 2. The highest BCUT2D eigenvalue weighted by atomic mass is 16.2. The van der Waals surface area contributed by atoms with Gasteiger partial charge in [-0.15, -0.1) is 0 Å². The van der Waals surface area contributed by atoms with E-state index >= 15 is 0 Å². The Labute approximate surface area is 151 Å². The molecule has 0 aliphatic rings. The average Bonchev–Trinajstić information content (AvgIpc) is 2.89. The predicted molar refractivity (Wildman–Crippen MR) is 98.2 cm³/mol. The highest BCUT2D eigenvalue weighted by molar-refractivity contribution is 5.77. The largest absolute Gasteiger partial charge is 0.335 e. The van der Waals surface area contributed by atoms with Gasteiger partial charge in [-0.3, -0.25) is 18.7 Å². The first-order valence-electron chi connectivity index (χ1n) is 8.69. The van der Waals surface area contributed by atoms with Crippen molar-refractivity contribution in [1.29, 1.82) is 0 Å². The summed E-state index contributed by atoms with van der Waals surface area (Å²) in [6, 6.07) is 0. The van der Waals surface area contributed by atoms with Gasteiger partial charge in [0, 0.05) is 49.7 Å². The monoisotopic (exact) mass is 362 g/mol. The number of hydrogen-bond acceptors (Lipinski definition) is 4. The molecule has 0 N–H and O–H groups in total. The molecule has 0 aliphatic carbocycles. The SMILES string of the molecule is CC(=O)n1c(C)c(C)n(CCCCn2c(C)c(C)n(C(C)=O)c2=O)c1=O. The van der Waals surface area contributed by atoms with Crippen molar-refractivity contribution in [2.75, 3.05) is 0 Å². The van der Waals surface area contributed by atoms with Crippen molar-refractivity contribution in [2.45, 2.75) is 67.5 Å². The van der Waals surface area contributed by atoms with Gasteiger partial charge in [0.25, 0.3) is 0 Å². The summed E-state index contributed by atoms with van der Waals surface area (Å²) in [6.45, 7) is 10.8. The van der Waals surface area contributed by atoms with Gasteiger partial charge in [-0.05, 0) is 40.5 Å². The van der Waals surface area contributed by atoms with Crippen LogP contribution in [-0.2, 0) is 13.1 Å². The molecule has 0 fully saturated rings. The third-order valence-electron chi connectivity index (χ3n) is 5.02. The summed E-state index contributed by atoms with van der Waals surface area (Å²) in [6.07, 6.45) is 1.36. The van der Waals surface area contributed by atoms with Crippen molar-refractivity contribution < 1.29 is 9.59 Å². The zero-order chi connectivity index (χ0) is 19.8. The van der Waals surface area contributed by atoms with Crippen LogP contribution < -0.4 is 11.4 Å². The zero-order valence-corrected chi connectivity index (χ0v) is 16.3. The first-order valence-corrected chi connectivity index (χ1v) is 8.69. The third kappa shape index (κ3) is 3.23. The smallest absolute Gasteiger partial charge is 0.296 e. The number of imidazole rings is 2. The van der Waals surface area contributed by atoms with Gasteiger partial charge in [-0.2, -0.15) is 0 Å². The topological polar surface area (TPSA) is 88.0 Å². The summed E-state index contributed by atoms with van der Waals surface area (Å²) in [5.41, 5.74) is 2.22. The van der Waals surface area contributed by atoms with E-state index in [4.69, 9.17) is 0 Å². The number of nitrogens with zero attached hydrogens (tertiary/aromatic N) is 4. The Balaban J connectivity index is 2.12. The quantitative estimate of drug-likeness (QED) is 0.757. The highest BCUT2D eigenvalue weighted by Gasteiger charge is 2.17. The van der Waals surface area contributed by atoms with Gasteiger partial charge in [-0.1, -0.05) is 0 Å². The van der Waals surface area contributed by atoms with E-state index in [0.717, 1.165) is 11.4 Å². The van der Waals surface area contributed by atoms with Crippen LogP contribution in [0.1, 0.15) is 59.1 Å². The Bertz CT molecular complexity index is 904. The minimum absolute atomic E-state index is 0.294. The van der Waals surface area contributed by atoms with Crippen molar-refractivity contribution in [1.82, 2.24) is 18.3 Å². The van der Waals surface area contributed by atoms with E-state index in [1.165, 1.54) is 23.0 Å². The maximum Gasteiger partial charge on any atom is 0.335 e. The molecule has 142 valence electrons. The number of aromatic nitrogens is 4. The maximum atomic E-state index is 12.4. The molecule has 0 spiro atoms. The molecule has 2 rings (SSSR count). The van der Waals surface area contributed by atoms with Gasteiger partial charge in [0.05, 0.1) is 0 Å². The predicted octanol–water partition coefficient (Wildman–Crippen LogP) is 1.65. The van der Waals surface area contributed by atoms with E-state index in [-0.39, 0.29) is 23.2 Å². The fourth-order valence-corrected chi connectivity index (χ4v) is 3.34. The third-order valence-corrected chi connectivity index (χ3v) is 5.02. The second kappa shape index (κ2) is 7.31. The molecule has 0 aliphatic heterocycles. The summed E-state index contributed by atoms with van der Waals surface area (Å²) in [7, 11) is 0. The lowest BCUT2D eigenvalue weighted by Gasteiger charge is -2.06. The van der Waals surface area contributed by atoms with E-state index in [1.54, 1.807) is 23.0 Å². The molecule has 8 nitrogen and oxygen atoms in total. The number of carbonyl (C=O) groups is 2. The Morgan fingerprint density at radius 2 is 0.962 bits per heavy atom. The first kappa shape index (κ1) is 19.7. The number of hydrogen-bond donors (Lipinski definition) is 0. The van der Waals surface area contributed by atoms with Crippen LogP contribution in [-0.4, -0.2) is 30.1 Å². The molecule has 0 bridgehead atoms. The van der Waals surface area contributed by atoms with Gasteiger partial charge in [-0.25, -0.2) is 18.7 Å². The van der Waals surface area contributed by atoms with Crippen molar-refractivity contribution in [3.63, 3.8) is 0 Å². The molecule has 0 radical (unpaired) electrons. The van der Waals surface area contributed by atoms with Gasteiger partial charge in [0.2, 0.25) is 11.8 Å². The Morgan fingerprint density at radius 3 is 1.19 bits per heavy atom. The van der Waals surface area contributed by atoms with Crippen LogP contribution >= 0.6 is 0 Å². The molecule has 2 heterocycles. The molecule has 0 saturated carbocycles. The molecular formula is C18H26N4O4. The Morgan fingerprint density at radius 1 is 0.654 bits per heavy atom. The Hall–Kier alpha value is -2.64. The van der Waals surface area contributed by atoms with Crippen LogP contribution in [0.25, 0.3) is 0 Å². The Kier molecular flexibility index (Phi) is 5.53. The summed E-state index contributed by atoms with van der Waals surface area (Å²) < 4.78 is 5.55. The van der Waals surface area contributed by atoms with Crippen LogP contribution in [0.5, 0.6) is 0 Å². The first-order chi connectivity index (χ1) is 12.1. The summed E-state index contributed by atoms with van der Waals surface area (Å²) in [5, 5.41) is 0. The molecule has 26 heavy (non-hydrogen) atoms. The van der Waals surface area contributed by atoms with E-state index < -0.39 is 0 Å². The van der Waals surface area contributed by atoms with E-state index in [9.17, 15) is 19.2 Å². The van der Waals surface area contributed by atoms with Crippen molar-refractivity contribution >= 4 is 11.8 Å². The van der Waals surface area contributed by atoms with Crippen LogP contribution in [0, 0.1) is 27.7 Å². The average molecular weight is 362 g/mol. The summed E-state index contributed by atoms with van der Waals surface area (Å²) in [5.74, 6) is -0.588. The molecule has 0 aromatic carbocycles. The summed E-state index contributed by atoms with van der Waals surface area (Å²) in [4.78, 5) is 47.9. The van der Waals surface area contributed by atoms with Crippen molar-refractivity contribution in [3.8, 4) is 0 Å². The van der Waals surface area contributed by atoms with Gasteiger partial charge in [0.15, 0.2) is 0 Å². The van der Waals surface area contributed by atoms with Gasteiger partial charge >= 0.3 is 11.4 Å². The lowest BCUT2D eigenvalue weighted by molar-refractivity contribution is 0.0920. The lowest BCUT2D eigenvalue weighted by Crippen LogP contribution is -2.29. The van der Waals surface area contributed by atoms with E-state index in [1.807, 2.05) is 13.8 Å². The lowest BCUT2D eigenvalue weighted by atomic mass is 10.3. The van der Waals surface area contributed by atoms with E-state index in [0.29, 0.717) is 37.3 Å². The second-order valence-corrected chi connectivity index (χ2v) is 6.63. The zero-order valence-electron chi connectivity index (χ0n) is 16.3. The van der Waals surface area contributed by atoms with Gasteiger partial charge < -0.3 is 0 Å². The van der Waals surface area contributed by atoms with Crippen molar-refractivity contribution in [3.05, 3.63) is 43.7 Å². The maximum absolute atomic E-state index is 12.4. The molecule has 2 aromatic heterocycles. The molecule has 0 unspecified atom stereocenters. The molecular weight excluding hydrogens is 336 g/mol. The van der Waals surface area contributed by atoms with Crippen LogP contribution in [0.4, 0.5) is 0 Å². The van der Waals surface area contributed by atoms with Crippen LogP contribution in [0.3, 0.4) is 0 Å². The minimum atomic E-state index is -0.320. The minimum Gasteiger partial charge on any atom is -0.296 e. The number of unbranched alkanes of at least 4 members (excludes halogenated alkanes) is 1.